The molecule has 3 atom stereocenters. The summed E-state index contributed by atoms with van der Waals surface area (Å²) in [7, 11) is 0. The van der Waals surface area contributed by atoms with Gasteiger partial charge >= 0.3 is 0 Å². The highest BCUT2D eigenvalue weighted by atomic mass is 35.5. The molecular weight excluding hydrogens is 532 g/mol. The Hall–Kier alpha value is -2.51. The van der Waals surface area contributed by atoms with Crippen LogP contribution in [0.2, 0.25) is 5.02 Å². The molecule has 1 aliphatic carbocycles. The minimum absolute atomic E-state index is 0.0125. The molecule has 2 heterocycles. The van der Waals surface area contributed by atoms with Gasteiger partial charge in [-0.1, -0.05) is 36.2 Å². The number of hydrogen-bond donors (Lipinski definition) is 0. The molecule has 3 aliphatic rings. The van der Waals surface area contributed by atoms with Gasteiger partial charge < -0.3 is 9.80 Å². The molecule has 0 radical (unpaired) electrons. The van der Waals surface area contributed by atoms with Gasteiger partial charge in [0.25, 0.3) is 0 Å². The van der Waals surface area contributed by atoms with Gasteiger partial charge in [-0.2, -0.15) is 0 Å². The van der Waals surface area contributed by atoms with Gasteiger partial charge in [0.05, 0.1) is 12.0 Å². The predicted octanol–water partition coefficient (Wildman–Crippen LogP) is 6.42. The Balaban J connectivity index is 1.38. The first kappa shape index (κ1) is 29.0. The number of rotatable bonds is 4. The first-order valence-corrected chi connectivity index (χ1v) is 15.0. The summed E-state index contributed by atoms with van der Waals surface area (Å²) < 4.78 is 28.7. The highest BCUT2D eigenvalue weighted by Crippen LogP contribution is 2.39. The molecule has 2 amide bonds. The number of benzene rings is 2. The summed E-state index contributed by atoms with van der Waals surface area (Å²) in [5.41, 5.74) is 1.26. The second-order valence-electron chi connectivity index (χ2n) is 12.6. The van der Waals surface area contributed by atoms with Gasteiger partial charge in [-0.15, -0.1) is 0 Å². The van der Waals surface area contributed by atoms with E-state index in [-0.39, 0.29) is 35.2 Å². The van der Waals surface area contributed by atoms with E-state index in [0.717, 1.165) is 43.7 Å². The lowest BCUT2D eigenvalue weighted by molar-refractivity contribution is -0.144. The Morgan fingerprint density at radius 1 is 0.875 bits per heavy atom. The number of carbonyl (C=O) groups excluding carboxylic acids is 2. The van der Waals surface area contributed by atoms with Gasteiger partial charge in [0, 0.05) is 61.2 Å². The third kappa shape index (κ3) is 6.06. The van der Waals surface area contributed by atoms with Gasteiger partial charge in [-0.05, 0) is 75.8 Å². The first-order chi connectivity index (χ1) is 19.0. The second kappa shape index (κ2) is 11.8. The van der Waals surface area contributed by atoms with Crippen LogP contribution in [0.25, 0.3) is 0 Å². The molecule has 1 saturated carbocycles. The number of amides is 2. The molecule has 0 bridgehead atoms. The van der Waals surface area contributed by atoms with Gasteiger partial charge in [0.1, 0.15) is 11.6 Å². The second-order valence-corrected chi connectivity index (χ2v) is 13.1. The average Bonchev–Trinajstić information content (AvgIpc) is 3.29. The minimum Gasteiger partial charge on any atom is -0.341 e. The number of carbonyl (C=O) groups is 2. The van der Waals surface area contributed by atoms with Crippen molar-refractivity contribution in [2.45, 2.75) is 70.4 Å². The fourth-order valence-electron chi connectivity index (χ4n) is 6.49. The van der Waals surface area contributed by atoms with Crippen molar-refractivity contribution in [1.82, 2.24) is 14.7 Å². The molecule has 0 spiro atoms. The molecule has 216 valence electrons. The number of hydrogen-bond acceptors (Lipinski definition) is 3. The Bertz CT molecular complexity index is 1230. The zero-order chi connectivity index (χ0) is 28.6. The lowest BCUT2D eigenvalue weighted by Crippen LogP contribution is -2.49. The van der Waals surface area contributed by atoms with Crippen LogP contribution in [0.5, 0.6) is 0 Å². The van der Waals surface area contributed by atoms with Crippen LogP contribution in [0, 0.1) is 23.5 Å². The number of nitrogens with zero attached hydrogens (tertiary/aromatic N) is 3. The third-order valence-corrected chi connectivity index (χ3v) is 9.40. The van der Waals surface area contributed by atoms with Crippen LogP contribution < -0.4 is 0 Å². The molecule has 0 aromatic heterocycles. The van der Waals surface area contributed by atoms with Crippen LogP contribution in [-0.4, -0.2) is 64.8 Å². The Morgan fingerprint density at radius 2 is 1.60 bits per heavy atom. The van der Waals surface area contributed by atoms with Crippen LogP contribution in [0.1, 0.15) is 76.0 Å². The van der Waals surface area contributed by atoms with Crippen molar-refractivity contribution in [3.63, 3.8) is 0 Å². The van der Waals surface area contributed by atoms with Gasteiger partial charge in [-0.3, -0.25) is 14.5 Å². The predicted molar refractivity (Wildman–Crippen MR) is 153 cm³/mol. The number of likely N-dealkylation sites (tertiary alicyclic amines) is 1. The molecule has 2 aromatic carbocycles. The molecule has 2 aliphatic heterocycles. The molecule has 3 fully saturated rings. The highest BCUT2D eigenvalue weighted by Gasteiger charge is 2.45. The van der Waals surface area contributed by atoms with E-state index in [1.165, 1.54) is 12.1 Å². The third-order valence-electron chi connectivity index (χ3n) is 9.14. The van der Waals surface area contributed by atoms with E-state index in [2.05, 4.69) is 25.7 Å². The maximum absolute atomic E-state index is 15.0. The van der Waals surface area contributed by atoms with Gasteiger partial charge in [0.2, 0.25) is 11.8 Å². The molecule has 3 unspecified atom stereocenters. The van der Waals surface area contributed by atoms with Crippen LogP contribution in [0.3, 0.4) is 0 Å². The van der Waals surface area contributed by atoms with E-state index in [9.17, 15) is 18.4 Å². The molecule has 2 aromatic rings. The van der Waals surface area contributed by atoms with Crippen LogP contribution in [0.15, 0.2) is 42.5 Å². The minimum atomic E-state index is -0.620. The van der Waals surface area contributed by atoms with E-state index in [4.69, 9.17) is 11.6 Å². The van der Waals surface area contributed by atoms with Crippen LogP contribution in [-0.2, 0) is 9.59 Å². The van der Waals surface area contributed by atoms with Crippen LogP contribution in [0.4, 0.5) is 8.78 Å². The lowest BCUT2D eigenvalue weighted by Gasteiger charge is -2.41. The standard InChI is InChI=1S/C32H40ClF2N3O2/c1-32(2,3)37-19-26(25-14-13-24(34)18-28(25)35)27(20-37)31(40)36-15-5-8-29(21-9-11-23(33)12-10-21)38(17-16-36)30(39)22-6-4-7-22/h9-14,18,22,26-27,29H,4-8,15-17,19-20H2,1-3H3. The Labute approximate surface area is 241 Å². The van der Waals surface area contributed by atoms with Crippen molar-refractivity contribution in [2.24, 2.45) is 11.8 Å². The van der Waals surface area contributed by atoms with E-state index in [1.807, 2.05) is 34.1 Å². The molecule has 0 N–H and O–H groups in total. The van der Waals surface area contributed by atoms with Crippen molar-refractivity contribution < 1.29 is 18.4 Å². The highest BCUT2D eigenvalue weighted by molar-refractivity contribution is 6.30. The zero-order valence-electron chi connectivity index (χ0n) is 23.7. The smallest absolute Gasteiger partial charge is 0.227 e. The van der Waals surface area contributed by atoms with Gasteiger partial charge in [0.15, 0.2) is 0 Å². The summed E-state index contributed by atoms with van der Waals surface area (Å²) in [5.74, 6) is -1.82. The first-order valence-electron chi connectivity index (χ1n) is 14.6. The molecule has 40 heavy (non-hydrogen) atoms. The summed E-state index contributed by atoms with van der Waals surface area (Å²) in [6, 6.07) is 11.4. The molecule has 5 nitrogen and oxygen atoms in total. The maximum Gasteiger partial charge on any atom is 0.227 e. The van der Waals surface area contributed by atoms with Crippen molar-refractivity contribution in [1.29, 1.82) is 0 Å². The maximum atomic E-state index is 15.0. The normalized spacial score (nSPS) is 24.9. The molecule has 2 saturated heterocycles. The van der Waals surface area contributed by atoms with Crippen molar-refractivity contribution in [3.05, 3.63) is 70.2 Å². The van der Waals surface area contributed by atoms with Crippen molar-refractivity contribution >= 4 is 23.4 Å². The monoisotopic (exact) mass is 571 g/mol. The topological polar surface area (TPSA) is 43.9 Å². The fourth-order valence-corrected chi connectivity index (χ4v) is 6.61. The number of halogens is 3. The zero-order valence-corrected chi connectivity index (χ0v) is 24.5. The molecular formula is C32H40ClF2N3O2. The lowest BCUT2D eigenvalue weighted by atomic mass is 9.83. The summed E-state index contributed by atoms with van der Waals surface area (Å²) >= 11 is 6.15. The van der Waals surface area contributed by atoms with E-state index in [0.29, 0.717) is 43.3 Å². The summed E-state index contributed by atoms with van der Waals surface area (Å²) in [4.78, 5) is 33.8. The Morgan fingerprint density at radius 3 is 2.23 bits per heavy atom. The largest absolute Gasteiger partial charge is 0.341 e. The Kier molecular flexibility index (Phi) is 8.53. The quantitative estimate of drug-likeness (QED) is 0.425. The van der Waals surface area contributed by atoms with E-state index >= 15 is 0 Å². The van der Waals surface area contributed by atoms with Gasteiger partial charge in [-0.25, -0.2) is 8.78 Å². The fraction of sp³-hybridized carbons (Fsp3) is 0.562. The average molecular weight is 572 g/mol. The van der Waals surface area contributed by atoms with E-state index < -0.39 is 17.6 Å². The summed E-state index contributed by atoms with van der Waals surface area (Å²) in [6.07, 6.45) is 4.41. The van der Waals surface area contributed by atoms with E-state index in [1.54, 1.807) is 0 Å². The van der Waals surface area contributed by atoms with Crippen LogP contribution >= 0.6 is 11.6 Å². The summed E-state index contributed by atoms with van der Waals surface area (Å²) in [5, 5.41) is 0.663. The molecule has 8 heteroatoms. The SMILES string of the molecule is CC(C)(C)N1CC(C(=O)N2CCCC(c3ccc(Cl)cc3)N(C(=O)C3CCC3)CC2)C(c2ccc(F)cc2F)C1. The van der Waals surface area contributed by atoms with Crippen molar-refractivity contribution in [3.8, 4) is 0 Å². The van der Waals surface area contributed by atoms with Crippen molar-refractivity contribution in [2.75, 3.05) is 32.7 Å². The summed E-state index contributed by atoms with van der Waals surface area (Å²) in [6.45, 7) is 8.79. The molecule has 5 rings (SSSR count).